The normalized spacial score (nSPS) is 11.1. The van der Waals surface area contributed by atoms with E-state index in [0.29, 0.717) is 27.9 Å². The van der Waals surface area contributed by atoms with Gasteiger partial charge in [0, 0.05) is 28.4 Å². The van der Waals surface area contributed by atoms with Crippen LogP contribution in [0, 0.1) is 6.92 Å². The fourth-order valence-corrected chi connectivity index (χ4v) is 5.17. The third-order valence-electron chi connectivity index (χ3n) is 5.98. The van der Waals surface area contributed by atoms with Gasteiger partial charge in [0.1, 0.15) is 5.75 Å². The van der Waals surface area contributed by atoms with Crippen LogP contribution in [0.1, 0.15) is 15.9 Å². The number of carbonyl (C=O) groups is 1. The summed E-state index contributed by atoms with van der Waals surface area (Å²) in [5, 5.41) is 2.60. The number of carbonyl (C=O) groups excluding carboxylic acids is 1. The Balaban J connectivity index is 1.51. The van der Waals surface area contributed by atoms with Crippen LogP contribution < -0.4 is 14.8 Å². The van der Waals surface area contributed by atoms with Crippen molar-refractivity contribution in [3.05, 3.63) is 114 Å². The SMILES string of the molecule is COc1cc(NC(=O)c2ccccc2)c(C)cc1NS(=O)(=O)c1nc(-c2ccccc2)oc1-c1ccccc1. The third-order valence-corrected chi connectivity index (χ3v) is 7.26. The topological polar surface area (TPSA) is 111 Å². The van der Waals surface area contributed by atoms with Gasteiger partial charge in [-0.05, 0) is 42.8 Å². The molecule has 2 N–H and O–H groups in total. The number of hydrogen-bond acceptors (Lipinski definition) is 6. The van der Waals surface area contributed by atoms with Gasteiger partial charge in [-0.3, -0.25) is 9.52 Å². The second-order valence-electron chi connectivity index (χ2n) is 8.68. The van der Waals surface area contributed by atoms with Gasteiger partial charge in [-0.1, -0.05) is 66.7 Å². The Kier molecular flexibility index (Phi) is 7.16. The molecule has 0 atom stereocenters. The van der Waals surface area contributed by atoms with Gasteiger partial charge in [0.15, 0.2) is 5.76 Å². The molecule has 9 heteroatoms. The maximum absolute atomic E-state index is 13.7. The summed E-state index contributed by atoms with van der Waals surface area (Å²) in [6.45, 7) is 1.76. The summed E-state index contributed by atoms with van der Waals surface area (Å²) < 4.78 is 41.5. The lowest BCUT2D eigenvalue weighted by Crippen LogP contribution is -2.16. The molecule has 1 heterocycles. The van der Waals surface area contributed by atoms with Crippen molar-refractivity contribution in [2.75, 3.05) is 17.1 Å². The van der Waals surface area contributed by atoms with Crippen LogP contribution in [0.4, 0.5) is 11.4 Å². The number of aromatic nitrogens is 1. The largest absolute Gasteiger partial charge is 0.494 e. The number of nitrogens with zero attached hydrogens (tertiary/aromatic N) is 1. The number of nitrogens with one attached hydrogen (secondary N) is 2. The summed E-state index contributed by atoms with van der Waals surface area (Å²) in [6, 6.07) is 29.9. The molecule has 39 heavy (non-hydrogen) atoms. The second kappa shape index (κ2) is 10.8. The summed E-state index contributed by atoms with van der Waals surface area (Å²) in [6.07, 6.45) is 0. The molecule has 1 aromatic heterocycles. The van der Waals surface area contributed by atoms with Gasteiger partial charge in [0.25, 0.3) is 15.9 Å². The van der Waals surface area contributed by atoms with Crippen molar-refractivity contribution in [2.45, 2.75) is 11.9 Å². The molecule has 0 radical (unpaired) electrons. The van der Waals surface area contributed by atoms with Crippen molar-refractivity contribution in [1.82, 2.24) is 4.98 Å². The third kappa shape index (κ3) is 5.53. The summed E-state index contributed by atoms with van der Waals surface area (Å²) in [5.74, 6) is 0.222. The average Bonchev–Trinajstić information content (AvgIpc) is 3.43. The van der Waals surface area contributed by atoms with Crippen molar-refractivity contribution in [1.29, 1.82) is 0 Å². The van der Waals surface area contributed by atoms with Crippen molar-refractivity contribution >= 4 is 27.3 Å². The zero-order valence-corrected chi connectivity index (χ0v) is 22.0. The van der Waals surface area contributed by atoms with Crippen LogP contribution in [0.15, 0.2) is 113 Å². The van der Waals surface area contributed by atoms with E-state index >= 15 is 0 Å². The quantitative estimate of drug-likeness (QED) is 0.237. The van der Waals surface area contributed by atoms with Crippen LogP contribution in [0.25, 0.3) is 22.8 Å². The lowest BCUT2D eigenvalue weighted by atomic mass is 10.1. The highest BCUT2D eigenvalue weighted by molar-refractivity contribution is 7.92. The lowest BCUT2D eigenvalue weighted by Gasteiger charge is -2.16. The molecule has 5 rings (SSSR count). The average molecular weight is 540 g/mol. The van der Waals surface area contributed by atoms with E-state index in [-0.39, 0.29) is 34.0 Å². The number of aryl methyl sites for hydroxylation is 1. The summed E-state index contributed by atoms with van der Waals surface area (Å²) >= 11 is 0. The molecule has 4 aromatic carbocycles. The van der Waals surface area contributed by atoms with Gasteiger partial charge >= 0.3 is 0 Å². The Bertz CT molecular complexity index is 1720. The van der Waals surface area contributed by atoms with Crippen LogP contribution in [0.3, 0.4) is 0 Å². The Labute approximate surface area is 226 Å². The zero-order chi connectivity index (χ0) is 27.4. The minimum atomic E-state index is -4.23. The maximum atomic E-state index is 13.7. The van der Waals surface area contributed by atoms with Crippen molar-refractivity contribution < 1.29 is 22.4 Å². The van der Waals surface area contributed by atoms with E-state index in [9.17, 15) is 13.2 Å². The van der Waals surface area contributed by atoms with E-state index < -0.39 is 10.0 Å². The number of oxazole rings is 1. The minimum absolute atomic E-state index is 0.115. The first-order chi connectivity index (χ1) is 18.9. The van der Waals surface area contributed by atoms with E-state index in [1.165, 1.54) is 7.11 Å². The van der Waals surface area contributed by atoms with Gasteiger partial charge < -0.3 is 14.5 Å². The van der Waals surface area contributed by atoms with Crippen LogP contribution in [-0.4, -0.2) is 26.4 Å². The molecule has 0 bridgehead atoms. The summed E-state index contributed by atoms with van der Waals surface area (Å²) in [7, 11) is -2.81. The number of anilines is 2. The molecule has 0 aliphatic heterocycles. The van der Waals surface area contributed by atoms with Crippen LogP contribution in [-0.2, 0) is 10.0 Å². The Hall–Kier alpha value is -4.89. The number of sulfonamides is 1. The van der Waals surface area contributed by atoms with Crippen molar-refractivity contribution in [3.63, 3.8) is 0 Å². The monoisotopic (exact) mass is 539 g/mol. The molecule has 5 aromatic rings. The highest BCUT2D eigenvalue weighted by Crippen LogP contribution is 2.36. The first kappa shape index (κ1) is 25.7. The first-order valence-electron chi connectivity index (χ1n) is 12.1. The van der Waals surface area contributed by atoms with Crippen molar-refractivity contribution in [2.24, 2.45) is 0 Å². The van der Waals surface area contributed by atoms with Gasteiger partial charge in [-0.15, -0.1) is 0 Å². The number of benzene rings is 4. The number of ether oxygens (including phenoxy) is 1. The lowest BCUT2D eigenvalue weighted by molar-refractivity contribution is 0.102. The molecule has 0 aliphatic carbocycles. The van der Waals surface area contributed by atoms with Crippen LogP contribution in [0.2, 0.25) is 0 Å². The smallest absolute Gasteiger partial charge is 0.283 e. The molecule has 8 nitrogen and oxygen atoms in total. The number of hydrogen-bond donors (Lipinski definition) is 2. The van der Waals surface area contributed by atoms with Gasteiger partial charge in [-0.2, -0.15) is 13.4 Å². The Morgan fingerprint density at radius 3 is 2.03 bits per heavy atom. The second-order valence-corrected chi connectivity index (χ2v) is 10.3. The van der Waals surface area contributed by atoms with E-state index in [2.05, 4.69) is 15.0 Å². The Morgan fingerprint density at radius 2 is 1.41 bits per heavy atom. The summed E-state index contributed by atoms with van der Waals surface area (Å²) in [5.41, 5.74) is 3.01. The number of methoxy groups -OCH3 is 1. The zero-order valence-electron chi connectivity index (χ0n) is 21.2. The predicted molar refractivity (Wildman–Crippen MR) is 150 cm³/mol. The molecule has 0 aliphatic rings. The highest BCUT2D eigenvalue weighted by atomic mass is 32.2. The van der Waals surface area contributed by atoms with Crippen LogP contribution in [0.5, 0.6) is 5.75 Å². The molecule has 1 amide bonds. The molecule has 0 saturated carbocycles. The van der Waals surface area contributed by atoms with Gasteiger partial charge in [-0.25, -0.2) is 0 Å². The first-order valence-corrected chi connectivity index (χ1v) is 13.5. The summed E-state index contributed by atoms with van der Waals surface area (Å²) in [4.78, 5) is 17.1. The fraction of sp³-hybridized carbons (Fsp3) is 0.0667. The molecular weight excluding hydrogens is 514 g/mol. The number of rotatable bonds is 8. The fourth-order valence-electron chi connectivity index (χ4n) is 4.01. The van der Waals surface area contributed by atoms with Gasteiger partial charge in [0.2, 0.25) is 10.9 Å². The van der Waals surface area contributed by atoms with E-state index in [0.717, 1.165) is 0 Å². The van der Waals surface area contributed by atoms with Gasteiger partial charge in [0.05, 0.1) is 12.8 Å². The van der Waals surface area contributed by atoms with Crippen LogP contribution >= 0.6 is 0 Å². The maximum Gasteiger partial charge on any atom is 0.283 e. The molecule has 0 unspecified atom stereocenters. The van der Waals surface area contributed by atoms with E-state index in [4.69, 9.17) is 9.15 Å². The molecule has 196 valence electrons. The molecule has 0 fully saturated rings. The standard InChI is InChI=1S/C30H25N3O5S/c1-20-18-25(26(37-2)19-24(20)31-28(34)22-14-8-4-9-15-22)33-39(35,36)30-27(21-12-6-3-7-13-21)38-29(32-30)23-16-10-5-11-17-23/h3-19,33H,1-2H3,(H,31,34). The number of amides is 1. The molecular formula is C30H25N3O5S. The minimum Gasteiger partial charge on any atom is -0.494 e. The highest BCUT2D eigenvalue weighted by Gasteiger charge is 2.29. The molecule has 0 spiro atoms. The van der Waals surface area contributed by atoms with E-state index in [1.54, 1.807) is 79.7 Å². The molecule has 0 saturated heterocycles. The Morgan fingerprint density at radius 1 is 0.821 bits per heavy atom. The van der Waals surface area contributed by atoms with Crippen molar-refractivity contribution in [3.8, 4) is 28.5 Å². The predicted octanol–water partition coefficient (Wildman–Crippen LogP) is 6.38. The van der Waals surface area contributed by atoms with E-state index in [1.807, 2.05) is 30.3 Å².